The van der Waals surface area contributed by atoms with Crippen LogP contribution in [-0.4, -0.2) is 38.5 Å². The number of hydrogen-bond donors (Lipinski definition) is 1. The van der Waals surface area contributed by atoms with Crippen molar-refractivity contribution in [2.45, 2.75) is 38.6 Å². The fraction of sp³-hybridized carbons (Fsp3) is 0.562. The molecule has 1 aromatic rings. The van der Waals surface area contributed by atoms with Crippen molar-refractivity contribution in [2.24, 2.45) is 0 Å². The molecule has 0 aromatic heterocycles. The molecule has 1 aliphatic heterocycles. The van der Waals surface area contributed by atoms with E-state index in [1.165, 1.54) is 0 Å². The van der Waals surface area contributed by atoms with E-state index >= 15 is 0 Å². The minimum atomic E-state index is -2.99. The molecule has 1 N–H and O–H groups in total. The zero-order valence-electron chi connectivity index (χ0n) is 13.3. The Kier molecular flexibility index (Phi) is 4.80. The largest absolute Gasteiger partial charge is 0.484 e. The molecule has 5 nitrogen and oxygen atoms in total. The molecular weight excluding hydrogens is 302 g/mol. The van der Waals surface area contributed by atoms with E-state index in [0.717, 1.165) is 5.56 Å². The van der Waals surface area contributed by atoms with E-state index in [1.54, 1.807) is 0 Å². The van der Waals surface area contributed by atoms with Crippen molar-refractivity contribution in [1.29, 1.82) is 0 Å². The Balaban J connectivity index is 1.87. The standard InChI is InChI=1S/C16H23NO4S/c1-16(2,3)12-5-4-6-14(9-12)21-10-15(18)17-13-7-8-22(19,20)11-13/h4-6,9,13H,7-8,10-11H2,1-3H3,(H,17,18). The number of amides is 1. The lowest BCUT2D eigenvalue weighted by Gasteiger charge is -2.19. The first-order valence-electron chi connectivity index (χ1n) is 7.39. The van der Waals surface area contributed by atoms with Gasteiger partial charge in [0.1, 0.15) is 5.75 Å². The smallest absolute Gasteiger partial charge is 0.258 e. The molecule has 22 heavy (non-hydrogen) atoms. The molecule has 6 heteroatoms. The molecule has 1 amide bonds. The van der Waals surface area contributed by atoms with Crippen LogP contribution >= 0.6 is 0 Å². The summed E-state index contributed by atoms with van der Waals surface area (Å²) in [7, 11) is -2.99. The first kappa shape index (κ1) is 16.8. The van der Waals surface area contributed by atoms with Crippen LogP contribution < -0.4 is 10.1 Å². The van der Waals surface area contributed by atoms with Gasteiger partial charge in [-0.3, -0.25) is 4.79 Å². The van der Waals surface area contributed by atoms with Crippen molar-refractivity contribution in [3.8, 4) is 5.75 Å². The molecule has 122 valence electrons. The number of ether oxygens (including phenoxy) is 1. The summed E-state index contributed by atoms with van der Waals surface area (Å²) in [6, 6.07) is 7.37. The van der Waals surface area contributed by atoms with E-state index < -0.39 is 9.84 Å². The van der Waals surface area contributed by atoms with Gasteiger partial charge in [0.2, 0.25) is 0 Å². The molecule has 1 atom stereocenters. The van der Waals surface area contributed by atoms with Gasteiger partial charge in [-0.25, -0.2) is 8.42 Å². The van der Waals surface area contributed by atoms with Crippen LogP contribution in [0, 0.1) is 0 Å². The summed E-state index contributed by atoms with van der Waals surface area (Å²) in [4.78, 5) is 11.8. The van der Waals surface area contributed by atoms with Crippen molar-refractivity contribution in [3.05, 3.63) is 29.8 Å². The van der Waals surface area contributed by atoms with Gasteiger partial charge in [-0.1, -0.05) is 32.9 Å². The molecule has 2 rings (SSSR count). The third-order valence-electron chi connectivity index (χ3n) is 3.67. The quantitative estimate of drug-likeness (QED) is 0.914. The average molecular weight is 325 g/mol. The third-order valence-corrected chi connectivity index (χ3v) is 5.44. The Morgan fingerprint density at radius 1 is 1.36 bits per heavy atom. The zero-order valence-corrected chi connectivity index (χ0v) is 14.1. The van der Waals surface area contributed by atoms with E-state index in [-0.39, 0.29) is 35.5 Å². The maximum atomic E-state index is 11.8. The number of carbonyl (C=O) groups excluding carboxylic acids is 1. The van der Waals surface area contributed by atoms with Crippen molar-refractivity contribution < 1.29 is 17.9 Å². The van der Waals surface area contributed by atoms with Crippen molar-refractivity contribution in [1.82, 2.24) is 5.32 Å². The maximum Gasteiger partial charge on any atom is 0.258 e. The summed E-state index contributed by atoms with van der Waals surface area (Å²) in [6.07, 6.45) is 0.480. The van der Waals surface area contributed by atoms with Gasteiger partial charge in [0.05, 0.1) is 11.5 Å². The van der Waals surface area contributed by atoms with E-state index in [0.29, 0.717) is 12.2 Å². The Morgan fingerprint density at radius 3 is 2.68 bits per heavy atom. The number of carbonyl (C=O) groups is 1. The van der Waals surface area contributed by atoms with Gasteiger partial charge in [0.15, 0.2) is 16.4 Å². The molecule has 1 fully saturated rings. The predicted octanol–water partition coefficient (Wildman–Crippen LogP) is 1.67. The van der Waals surface area contributed by atoms with Crippen LogP contribution in [0.3, 0.4) is 0 Å². The fourth-order valence-corrected chi connectivity index (χ4v) is 4.05. The molecule has 1 heterocycles. The molecule has 1 saturated heterocycles. The number of rotatable bonds is 4. The summed E-state index contributed by atoms with van der Waals surface area (Å²) in [6.45, 7) is 6.22. The van der Waals surface area contributed by atoms with Crippen LogP contribution in [-0.2, 0) is 20.0 Å². The summed E-state index contributed by atoms with van der Waals surface area (Å²) in [5, 5.41) is 2.71. The lowest BCUT2D eigenvalue weighted by atomic mass is 9.87. The van der Waals surface area contributed by atoms with Gasteiger partial charge < -0.3 is 10.1 Å². The monoisotopic (exact) mass is 325 g/mol. The lowest BCUT2D eigenvalue weighted by Crippen LogP contribution is -2.38. The number of hydrogen-bond acceptors (Lipinski definition) is 4. The molecule has 0 saturated carbocycles. The highest BCUT2D eigenvalue weighted by Gasteiger charge is 2.28. The highest BCUT2D eigenvalue weighted by molar-refractivity contribution is 7.91. The van der Waals surface area contributed by atoms with Crippen LogP contribution in [0.15, 0.2) is 24.3 Å². The summed E-state index contributed by atoms with van der Waals surface area (Å²) < 4.78 is 28.2. The van der Waals surface area contributed by atoms with Crippen molar-refractivity contribution in [2.75, 3.05) is 18.1 Å². The molecule has 0 bridgehead atoms. The van der Waals surface area contributed by atoms with E-state index in [9.17, 15) is 13.2 Å². The number of sulfone groups is 1. The van der Waals surface area contributed by atoms with Gasteiger partial charge in [-0.15, -0.1) is 0 Å². The van der Waals surface area contributed by atoms with Gasteiger partial charge in [0.25, 0.3) is 5.91 Å². The van der Waals surface area contributed by atoms with Gasteiger partial charge in [-0.05, 0) is 29.5 Å². The van der Waals surface area contributed by atoms with Crippen LogP contribution in [0.5, 0.6) is 5.75 Å². The second kappa shape index (κ2) is 6.28. The van der Waals surface area contributed by atoms with Crippen LogP contribution in [0.1, 0.15) is 32.8 Å². The Labute approximate surface area is 132 Å². The predicted molar refractivity (Wildman–Crippen MR) is 85.8 cm³/mol. The maximum absolute atomic E-state index is 11.8. The van der Waals surface area contributed by atoms with Crippen molar-refractivity contribution in [3.63, 3.8) is 0 Å². The first-order chi connectivity index (χ1) is 10.2. The molecular formula is C16H23NO4S. The normalized spacial score (nSPS) is 20.6. The van der Waals surface area contributed by atoms with Crippen LogP contribution in [0.2, 0.25) is 0 Å². The Hall–Kier alpha value is -1.56. The second-order valence-corrected chi connectivity index (χ2v) is 8.96. The fourth-order valence-electron chi connectivity index (χ4n) is 2.38. The summed E-state index contributed by atoms with van der Waals surface area (Å²) in [5.74, 6) is 0.523. The first-order valence-corrected chi connectivity index (χ1v) is 9.21. The summed E-state index contributed by atoms with van der Waals surface area (Å²) >= 11 is 0. The zero-order chi connectivity index (χ0) is 16.4. The van der Waals surface area contributed by atoms with Crippen LogP contribution in [0.4, 0.5) is 0 Å². The van der Waals surface area contributed by atoms with Gasteiger partial charge >= 0.3 is 0 Å². The molecule has 0 aliphatic carbocycles. The molecule has 1 aromatic carbocycles. The number of nitrogens with one attached hydrogen (secondary N) is 1. The average Bonchev–Trinajstić information content (AvgIpc) is 2.75. The van der Waals surface area contributed by atoms with E-state index in [4.69, 9.17) is 4.74 Å². The highest BCUT2D eigenvalue weighted by atomic mass is 32.2. The van der Waals surface area contributed by atoms with Gasteiger partial charge in [-0.2, -0.15) is 0 Å². The summed E-state index contributed by atoms with van der Waals surface area (Å²) in [5.41, 5.74) is 1.15. The molecule has 0 radical (unpaired) electrons. The third kappa shape index (κ3) is 4.73. The minimum absolute atomic E-state index is 0.0137. The highest BCUT2D eigenvalue weighted by Crippen LogP contribution is 2.25. The van der Waals surface area contributed by atoms with Crippen LogP contribution in [0.25, 0.3) is 0 Å². The molecule has 1 unspecified atom stereocenters. The Morgan fingerprint density at radius 2 is 2.09 bits per heavy atom. The SMILES string of the molecule is CC(C)(C)c1cccc(OCC(=O)NC2CCS(=O)(=O)C2)c1. The van der Waals surface area contributed by atoms with Crippen molar-refractivity contribution >= 4 is 15.7 Å². The van der Waals surface area contributed by atoms with E-state index in [2.05, 4.69) is 26.1 Å². The van der Waals surface area contributed by atoms with E-state index in [1.807, 2.05) is 24.3 Å². The Bertz CT molecular complexity index is 646. The molecule has 1 aliphatic rings. The second-order valence-electron chi connectivity index (χ2n) is 6.73. The molecule has 0 spiro atoms. The lowest BCUT2D eigenvalue weighted by molar-refractivity contribution is -0.123. The minimum Gasteiger partial charge on any atom is -0.484 e. The number of benzene rings is 1. The van der Waals surface area contributed by atoms with Gasteiger partial charge in [0, 0.05) is 6.04 Å². The topological polar surface area (TPSA) is 72.5 Å².